The molecule has 1 unspecified atom stereocenters. The quantitative estimate of drug-likeness (QED) is 0.505. The summed E-state index contributed by atoms with van der Waals surface area (Å²) in [5.74, 6) is 1.73. The highest BCUT2D eigenvalue weighted by Crippen LogP contribution is 2.36. The molecular weight excluding hydrogens is 488 g/mol. The molecule has 1 saturated heterocycles. The van der Waals surface area contributed by atoms with Crippen molar-refractivity contribution in [2.75, 3.05) is 50.3 Å². The zero-order valence-electron chi connectivity index (χ0n) is 22.4. The van der Waals surface area contributed by atoms with Crippen molar-refractivity contribution in [1.82, 2.24) is 19.5 Å². The second kappa shape index (κ2) is 9.63. The van der Waals surface area contributed by atoms with E-state index in [2.05, 4.69) is 16.8 Å². The van der Waals surface area contributed by atoms with Gasteiger partial charge >= 0.3 is 0 Å². The third-order valence-corrected chi connectivity index (χ3v) is 8.23. The third-order valence-electron chi connectivity index (χ3n) is 7.39. The van der Waals surface area contributed by atoms with Crippen LogP contribution in [-0.4, -0.2) is 74.3 Å². The molecule has 2 aromatic heterocycles. The Kier molecular flexibility index (Phi) is 6.64. The van der Waals surface area contributed by atoms with Gasteiger partial charge in [-0.1, -0.05) is 17.7 Å². The van der Waals surface area contributed by atoms with Crippen LogP contribution >= 0.6 is 0 Å². The number of amides is 1. The minimum absolute atomic E-state index is 0.135. The fourth-order valence-corrected chi connectivity index (χ4v) is 6.54. The van der Waals surface area contributed by atoms with Crippen molar-refractivity contribution in [3.63, 3.8) is 0 Å². The molecule has 0 radical (unpaired) electrons. The Morgan fingerprint density at radius 2 is 1.92 bits per heavy atom. The highest BCUT2D eigenvalue weighted by Gasteiger charge is 2.33. The number of anilines is 2. The Bertz CT molecular complexity index is 1460. The maximum atomic E-state index is 14.0. The molecule has 198 valence electrons. The van der Waals surface area contributed by atoms with Crippen LogP contribution in [0.4, 0.5) is 11.6 Å². The molecule has 1 atom stereocenters. The number of carbonyl (C=O) groups is 1. The molecule has 1 fully saturated rings. The van der Waals surface area contributed by atoms with Gasteiger partial charge in [-0.25, -0.2) is 13.4 Å². The Balaban J connectivity index is 1.58. The van der Waals surface area contributed by atoms with Crippen molar-refractivity contribution >= 4 is 33.0 Å². The summed E-state index contributed by atoms with van der Waals surface area (Å²) in [7, 11) is 2.85. The lowest BCUT2D eigenvalue weighted by Crippen LogP contribution is -2.39. The zero-order chi connectivity index (χ0) is 26.5. The molecule has 1 aromatic carbocycles. The van der Waals surface area contributed by atoms with Crippen LogP contribution in [0.3, 0.4) is 0 Å². The Hall–Kier alpha value is -3.14. The number of benzene rings is 1. The average Bonchev–Trinajstić information content (AvgIpc) is 3.26. The molecule has 3 aromatic rings. The molecule has 1 amide bonds. The normalized spacial score (nSPS) is 18.2. The summed E-state index contributed by atoms with van der Waals surface area (Å²) in [6.45, 7) is 3.50. The summed E-state index contributed by atoms with van der Waals surface area (Å²) in [4.78, 5) is 25.1. The monoisotopic (exact) mass is 524 g/mol. The first-order valence-corrected chi connectivity index (χ1v) is 15.0. The maximum absolute atomic E-state index is 14.0. The van der Waals surface area contributed by atoms with Gasteiger partial charge in [0, 0.05) is 57.7 Å². The topological polar surface area (TPSA) is 91.1 Å². The number of carbonyl (C=O) groups excluding carboxylic acids is 1. The van der Waals surface area contributed by atoms with Crippen LogP contribution in [0.15, 0.2) is 24.3 Å². The summed E-state index contributed by atoms with van der Waals surface area (Å²) < 4.78 is 26.1. The third kappa shape index (κ3) is 4.91. The van der Waals surface area contributed by atoms with Crippen molar-refractivity contribution < 1.29 is 13.2 Å². The van der Waals surface area contributed by atoms with Crippen molar-refractivity contribution in [3.8, 4) is 0 Å². The van der Waals surface area contributed by atoms with Gasteiger partial charge in [0.25, 0.3) is 5.91 Å². The number of likely N-dealkylation sites (tertiary alicyclic amines) is 1. The molecule has 2 aliphatic rings. The van der Waals surface area contributed by atoms with Gasteiger partial charge in [-0.2, -0.15) is 9.61 Å². The molecular formula is C27H36N6O3S. The van der Waals surface area contributed by atoms with E-state index in [1.165, 1.54) is 11.8 Å². The van der Waals surface area contributed by atoms with Crippen molar-refractivity contribution in [1.29, 1.82) is 0 Å². The van der Waals surface area contributed by atoms with Crippen LogP contribution in [-0.2, 0) is 22.0 Å². The van der Waals surface area contributed by atoms with Crippen molar-refractivity contribution in [3.05, 3.63) is 52.2 Å². The van der Waals surface area contributed by atoms with E-state index in [4.69, 9.17) is 10.1 Å². The van der Waals surface area contributed by atoms with Gasteiger partial charge in [0.2, 0.25) is 0 Å². The highest BCUT2D eigenvalue weighted by molar-refractivity contribution is 7.89. The second-order valence-electron chi connectivity index (χ2n) is 10.7. The van der Waals surface area contributed by atoms with E-state index >= 15 is 0 Å². The van der Waals surface area contributed by atoms with Gasteiger partial charge in [-0.15, -0.1) is 0 Å². The number of hydrogen-bond donors (Lipinski definition) is 0. The molecule has 0 spiro atoms. The lowest BCUT2D eigenvalue weighted by atomic mass is 9.96. The Morgan fingerprint density at radius 1 is 1.14 bits per heavy atom. The van der Waals surface area contributed by atoms with E-state index in [0.717, 1.165) is 67.2 Å². The van der Waals surface area contributed by atoms with Crippen molar-refractivity contribution in [2.45, 2.75) is 50.8 Å². The van der Waals surface area contributed by atoms with Gasteiger partial charge in [0.1, 0.15) is 11.6 Å². The molecule has 0 aliphatic carbocycles. The van der Waals surface area contributed by atoms with E-state index < -0.39 is 9.84 Å². The largest absolute Gasteiger partial charge is 0.362 e. The highest BCUT2D eigenvalue weighted by atomic mass is 32.2. The number of sulfone groups is 1. The van der Waals surface area contributed by atoms with Gasteiger partial charge in [-0.3, -0.25) is 4.79 Å². The maximum Gasteiger partial charge on any atom is 0.254 e. The number of nitrogens with zero attached hydrogens (tertiary/aromatic N) is 6. The van der Waals surface area contributed by atoms with Crippen LogP contribution in [0.25, 0.3) is 5.65 Å². The lowest BCUT2D eigenvalue weighted by Gasteiger charge is -2.35. The van der Waals surface area contributed by atoms with Crippen LogP contribution in [0, 0.1) is 6.92 Å². The van der Waals surface area contributed by atoms with Gasteiger partial charge in [-0.05, 0) is 50.7 Å². The minimum atomic E-state index is -3.29. The van der Waals surface area contributed by atoms with Crippen LogP contribution in [0.5, 0.6) is 0 Å². The molecule has 9 nitrogen and oxygen atoms in total. The van der Waals surface area contributed by atoms with Crippen LogP contribution < -0.4 is 9.80 Å². The smallest absolute Gasteiger partial charge is 0.254 e. The van der Waals surface area contributed by atoms with Gasteiger partial charge < -0.3 is 14.7 Å². The molecule has 37 heavy (non-hydrogen) atoms. The average molecular weight is 525 g/mol. The Labute approximate surface area is 219 Å². The summed E-state index contributed by atoms with van der Waals surface area (Å²) in [6.07, 6.45) is 5.94. The number of piperidine rings is 1. The predicted octanol–water partition coefficient (Wildman–Crippen LogP) is 3.40. The summed E-state index contributed by atoms with van der Waals surface area (Å²) in [5.41, 5.74) is 4.73. The first-order chi connectivity index (χ1) is 17.5. The fourth-order valence-electron chi connectivity index (χ4n) is 5.72. The SMILES string of the molecule is Cc1ccc(CS(C)(=O)=O)c(C(=O)N2CCCCC2c2cc3nc4c(c(N(C)C)n3n2)CCCN4C)c1. The van der Waals surface area contributed by atoms with Crippen LogP contribution in [0.1, 0.15) is 64.5 Å². The second-order valence-corrected chi connectivity index (χ2v) is 12.9. The number of aryl methyl sites for hydroxylation is 1. The molecule has 5 rings (SSSR count). The number of hydrogen-bond acceptors (Lipinski definition) is 7. The van der Waals surface area contributed by atoms with Crippen molar-refractivity contribution in [2.24, 2.45) is 0 Å². The molecule has 4 heterocycles. The van der Waals surface area contributed by atoms with E-state index in [-0.39, 0.29) is 17.7 Å². The van der Waals surface area contributed by atoms with E-state index in [0.29, 0.717) is 17.7 Å². The first kappa shape index (κ1) is 25.5. The number of fused-ring (bicyclic) bond motifs is 2. The minimum Gasteiger partial charge on any atom is -0.362 e. The fraction of sp³-hybridized carbons (Fsp3) is 0.519. The van der Waals surface area contributed by atoms with Gasteiger partial charge in [0.05, 0.1) is 17.5 Å². The molecule has 10 heteroatoms. The number of aromatic nitrogens is 3. The standard InChI is InChI=1S/C27H36N6O3S/c1-18-11-12-19(17-37(5,35)36)21(15-18)27(34)32-14-7-6-10-23(32)22-16-24-28-25-20(9-8-13-31(25)4)26(30(2)3)33(24)29-22/h11-12,15-16,23H,6-10,13-14,17H2,1-5H3. The molecule has 0 saturated carbocycles. The molecule has 0 bridgehead atoms. The predicted molar refractivity (Wildman–Crippen MR) is 146 cm³/mol. The summed E-state index contributed by atoms with van der Waals surface area (Å²) in [6, 6.07) is 7.26. The van der Waals surface area contributed by atoms with E-state index in [9.17, 15) is 13.2 Å². The van der Waals surface area contributed by atoms with Crippen LogP contribution in [0.2, 0.25) is 0 Å². The van der Waals surface area contributed by atoms with E-state index in [1.54, 1.807) is 6.07 Å². The van der Waals surface area contributed by atoms with E-state index in [1.807, 2.05) is 48.6 Å². The lowest BCUT2D eigenvalue weighted by molar-refractivity contribution is 0.0605. The first-order valence-electron chi connectivity index (χ1n) is 12.9. The molecule has 0 N–H and O–H groups in total. The number of rotatable bonds is 5. The molecule has 2 aliphatic heterocycles. The van der Waals surface area contributed by atoms with Gasteiger partial charge in [0.15, 0.2) is 15.5 Å². The zero-order valence-corrected chi connectivity index (χ0v) is 23.2. The summed E-state index contributed by atoms with van der Waals surface area (Å²) >= 11 is 0. The summed E-state index contributed by atoms with van der Waals surface area (Å²) in [5, 5.41) is 5.02. The Morgan fingerprint density at radius 3 is 2.65 bits per heavy atom.